The molecule has 1 amide bonds. The van der Waals surface area contributed by atoms with Crippen molar-refractivity contribution >= 4 is 15.9 Å². The van der Waals surface area contributed by atoms with E-state index in [0.717, 1.165) is 0 Å². The number of carbonyl (C=O) groups is 1. The Labute approximate surface area is 108 Å². The van der Waals surface area contributed by atoms with E-state index >= 15 is 0 Å². The van der Waals surface area contributed by atoms with Crippen LogP contribution < -0.4 is 10.6 Å². The topological polar surface area (TPSA) is 84.5 Å². The average molecular weight is 278 g/mol. The first-order valence-corrected chi connectivity index (χ1v) is 7.91. The summed E-state index contributed by atoms with van der Waals surface area (Å²) in [6.07, 6.45) is 0.192. The predicted molar refractivity (Wildman–Crippen MR) is 69.3 cm³/mol. The first-order valence-electron chi connectivity index (χ1n) is 6.09. The lowest BCUT2D eigenvalue weighted by atomic mass is 10.2. The lowest BCUT2D eigenvalue weighted by Crippen LogP contribution is -2.39. The second kappa shape index (κ2) is 5.88. The minimum atomic E-state index is -2.85. The van der Waals surface area contributed by atoms with Crippen molar-refractivity contribution in [1.29, 1.82) is 0 Å². The number of carbonyl (C=O) groups excluding carboxylic acids is 1. The Morgan fingerprint density at radius 2 is 2.00 bits per heavy atom. The van der Waals surface area contributed by atoms with Crippen LogP contribution in [-0.4, -0.2) is 50.7 Å². The molecule has 2 N–H and O–H groups in total. The quantitative estimate of drug-likeness (QED) is 0.722. The molecule has 1 aliphatic rings. The van der Waals surface area contributed by atoms with Crippen molar-refractivity contribution in [3.8, 4) is 0 Å². The van der Waals surface area contributed by atoms with Crippen LogP contribution in [0.15, 0.2) is 0 Å². The fourth-order valence-electron chi connectivity index (χ4n) is 1.71. The molecule has 0 aliphatic carbocycles. The first-order chi connectivity index (χ1) is 8.18. The summed E-state index contributed by atoms with van der Waals surface area (Å²) in [7, 11) is -2.85. The Kier molecular flexibility index (Phi) is 4.98. The fraction of sp³-hybridized carbons (Fsp3) is 0.909. The molecule has 7 heteroatoms. The van der Waals surface area contributed by atoms with Gasteiger partial charge in [-0.25, -0.2) is 13.2 Å². The molecule has 1 aliphatic heterocycles. The Morgan fingerprint density at radius 3 is 2.50 bits per heavy atom. The monoisotopic (exact) mass is 278 g/mol. The molecule has 1 rings (SSSR count). The van der Waals surface area contributed by atoms with Crippen molar-refractivity contribution in [3.05, 3.63) is 0 Å². The van der Waals surface area contributed by atoms with Gasteiger partial charge in [0.05, 0.1) is 11.5 Å². The van der Waals surface area contributed by atoms with Gasteiger partial charge in [-0.3, -0.25) is 0 Å². The summed E-state index contributed by atoms with van der Waals surface area (Å²) in [5.41, 5.74) is -0.503. The van der Waals surface area contributed by atoms with Gasteiger partial charge in [0.25, 0.3) is 0 Å². The number of hydrogen-bond donors (Lipinski definition) is 2. The van der Waals surface area contributed by atoms with Gasteiger partial charge in [-0.05, 0) is 27.2 Å². The van der Waals surface area contributed by atoms with Crippen LogP contribution in [0, 0.1) is 0 Å². The zero-order valence-electron chi connectivity index (χ0n) is 11.2. The molecule has 0 aromatic heterocycles. The Bertz CT molecular complexity index is 386. The largest absolute Gasteiger partial charge is 0.444 e. The van der Waals surface area contributed by atoms with E-state index in [2.05, 4.69) is 10.6 Å². The Hall–Kier alpha value is -0.820. The molecule has 1 atom stereocenters. The van der Waals surface area contributed by atoms with Crippen LogP contribution in [0.1, 0.15) is 27.2 Å². The molecule has 0 aromatic carbocycles. The third-order valence-corrected chi connectivity index (χ3v) is 4.23. The summed E-state index contributed by atoms with van der Waals surface area (Å²) >= 11 is 0. The van der Waals surface area contributed by atoms with Gasteiger partial charge in [-0.1, -0.05) is 0 Å². The SMILES string of the molecule is CC(C)(C)OC(=O)NCCNC1CCS(=O)(=O)C1. The van der Waals surface area contributed by atoms with Gasteiger partial charge >= 0.3 is 6.09 Å². The molecule has 1 unspecified atom stereocenters. The smallest absolute Gasteiger partial charge is 0.407 e. The van der Waals surface area contributed by atoms with E-state index < -0.39 is 21.5 Å². The zero-order valence-corrected chi connectivity index (χ0v) is 12.0. The van der Waals surface area contributed by atoms with Crippen LogP contribution in [-0.2, 0) is 14.6 Å². The maximum atomic E-state index is 11.3. The average Bonchev–Trinajstić information content (AvgIpc) is 2.50. The van der Waals surface area contributed by atoms with Crippen LogP contribution >= 0.6 is 0 Å². The number of sulfone groups is 1. The summed E-state index contributed by atoms with van der Waals surface area (Å²) in [6, 6.07) is 0.00966. The highest BCUT2D eigenvalue weighted by atomic mass is 32.2. The predicted octanol–water partition coefficient (Wildman–Crippen LogP) is 0.288. The highest BCUT2D eigenvalue weighted by Gasteiger charge is 2.27. The van der Waals surface area contributed by atoms with E-state index in [-0.39, 0.29) is 17.5 Å². The van der Waals surface area contributed by atoms with Crippen molar-refractivity contribution in [2.75, 3.05) is 24.6 Å². The third kappa shape index (κ3) is 6.20. The van der Waals surface area contributed by atoms with Crippen LogP contribution in [0.4, 0.5) is 4.79 Å². The van der Waals surface area contributed by atoms with Gasteiger partial charge in [0, 0.05) is 19.1 Å². The molecule has 0 bridgehead atoms. The van der Waals surface area contributed by atoms with E-state index in [9.17, 15) is 13.2 Å². The second-order valence-electron chi connectivity index (χ2n) is 5.48. The number of amides is 1. The molecule has 1 fully saturated rings. The summed E-state index contributed by atoms with van der Waals surface area (Å²) in [5, 5.41) is 5.72. The normalized spacial score (nSPS) is 22.7. The number of hydrogen-bond acceptors (Lipinski definition) is 5. The van der Waals surface area contributed by atoms with Crippen molar-refractivity contribution < 1.29 is 17.9 Å². The second-order valence-corrected chi connectivity index (χ2v) is 7.71. The van der Waals surface area contributed by atoms with Gasteiger partial charge in [0.2, 0.25) is 0 Å². The number of rotatable bonds is 4. The number of nitrogens with one attached hydrogen (secondary N) is 2. The summed E-state index contributed by atoms with van der Waals surface area (Å²) in [6.45, 7) is 6.36. The molecule has 0 radical (unpaired) electrons. The van der Waals surface area contributed by atoms with Crippen molar-refractivity contribution in [3.63, 3.8) is 0 Å². The van der Waals surface area contributed by atoms with Gasteiger partial charge in [0.15, 0.2) is 9.84 Å². The fourth-order valence-corrected chi connectivity index (χ4v) is 3.42. The lowest BCUT2D eigenvalue weighted by Gasteiger charge is -2.20. The molecule has 0 saturated carbocycles. The van der Waals surface area contributed by atoms with Gasteiger partial charge in [-0.15, -0.1) is 0 Å². The first kappa shape index (κ1) is 15.2. The lowest BCUT2D eigenvalue weighted by molar-refractivity contribution is 0.0528. The highest BCUT2D eigenvalue weighted by Crippen LogP contribution is 2.10. The number of alkyl carbamates (subject to hydrolysis) is 1. The molecule has 1 saturated heterocycles. The van der Waals surface area contributed by atoms with Crippen molar-refractivity contribution in [2.24, 2.45) is 0 Å². The number of ether oxygens (including phenoxy) is 1. The molecule has 0 aromatic rings. The van der Waals surface area contributed by atoms with Crippen LogP contribution in [0.3, 0.4) is 0 Å². The maximum absolute atomic E-state index is 11.3. The third-order valence-electron chi connectivity index (χ3n) is 2.46. The Morgan fingerprint density at radius 1 is 1.33 bits per heavy atom. The molecule has 106 valence electrons. The summed E-state index contributed by atoms with van der Waals surface area (Å²) < 4.78 is 27.5. The van der Waals surface area contributed by atoms with Crippen LogP contribution in [0.2, 0.25) is 0 Å². The minimum Gasteiger partial charge on any atom is -0.444 e. The molecule has 18 heavy (non-hydrogen) atoms. The van der Waals surface area contributed by atoms with Crippen LogP contribution in [0.25, 0.3) is 0 Å². The molecular weight excluding hydrogens is 256 g/mol. The molecule has 6 nitrogen and oxygen atoms in total. The molecular formula is C11H22N2O4S. The maximum Gasteiger partial charge on any atom is 0.407 e. The van der Waals surface area contributed by atoms with E-state index in [1.165, 1.54) is 0 Å². The molecule has 0 spiro atoms. The Balaban J connectivity index is 2.11. The molecule has 1 heterocycles. The van der Waals surface area contributed by atoms with E-state index in [1.54, 1.807) is 20.8 Å². The summed E-state index contributed by atoms with van der Waals surface area (Å²) in [5.74, 6) is 0.448. The van der Waals surface area contributed by atoms with Crippen molar-refractivity contribution in [1.82, 2.24) is 10.6 Å². The van der Waals surface area contributed by atoms with E-state index in [0.29, 0.717) is 19.5 Å². The van der Waals surface area contributed by atoms with Crippen molar-refractivity contribution in [2.45, 2.75) is 38.8 Å². The van der Waals surface area contributed by atoms with E-state index in [4.69, 9.17) is 4.74 Å². The minimum absolute atomic E-state index is 0.00966. The van der Waals surface area contributed by atoms with Crippen LogP contribution in [0.5, 0.6) is 0 Å². The van der Waals surface area contributed by atoms with Gasteiger partial charge in [0.1, 0.15) is 5.60 Å². The van der Waals surface area contributed by atoms with E-state index in [1.807, 2.05) is 0 Å². The highest BCUT2D eigenvalue weighted by molar-refractivity contribution is 7.91. The standard InChI is InChI=1S/C11H22N2O4S/c1-11(2,3)17-10(14)13-6-5-12-9-4-7-18(15,16)8-9/h9,12H,4-8H2,1-3H3,(H,13,14). The van der Waals surface area contributed by atoms with Gasteiger partial charge in [-0.2, -0.15) is 0 Å². The summed E-state index contributed by atoms with van der Waals surface area (Å²) in [4.78, 5) is 11.3. The van der Waals surface area contributed by atoms with Gasteiger partial charge < -0.3 is 15.4 Å². The zero-order chi connectivity index (χ0) is 13.8.